The molecule has 1 atom stereocenters. The number of amides is 1. The highest BCUT2D eigenvalue weighted by Crippen LogP contribution is 2.25. The van der Waals surface area contributed by atoms with E-state index in [2.05, 4.69) is 20.9 Å². The second-order valence-electron chi connectivity index (χ2n) is 5.67. The van der Waals surface area contributed by atoms with Crippen molar-refractivity contribution in [3.05, 3.63) is 35.6 Å². The van der Waals surface area contributed by atoms with Crippen molar-refractivity contribution < 1.29 is 9.18 Å². The normalized spacial score (nSPS) is 17.6. The predicted molar refractivity (Wildman–Crippen MR) is 98.0 cm³/mol. The molecule has 5 nitrogen and oxygen atoms in total. The molecule has 0 spiro atoms. The highest BCUT2D eigenvalue weighted by Gasteiger charge is 2.15. The Bertz CT molecular complexity index is 544. The molecule has 1 amide bonds. The summed E-state index contributed by atoms with van der Waals surface area (Å²) in [5.41, 5.74) is 0.799. The van der Waals surface area contributed by atoms with Gasteiger partial charge in [-0.25, -0.2) is 4.39 Å². The van der Waals surface area contributed by atoms with Gasteiger partial charge in [0.05, 0.1) is 6.42 Å². The number of aliphatic imine (C=N–C) groups is 1. The van der Waals surface area contributed by atoms with Crippen molar-refractivity contribution in [3.8, 4) is 0 Å². The van der Waals surface area contributed by atoms with Gasteiger partial charge in [-0.15, -0.1) is 0 Å². The summed E-state index contributed by atoms with van der Waals surface area (Å²) in [5.74, 6) is 1.64. The third kappa shape index (κ3) is 6.78. The molecular weight excluding hydrogens is 327 g/mol. The molecule has 1 saturated heterocycles. The Balaban J connectivity index is 1.58. The van der Waals surface area contributed by atoms with Crippen LogP contribution in [0, 0.1) is 5.82 Å². The van der Waals surface area contributed by atoms with Gasteiger partial charge in [0.1, 0.15) is 5.82 Å². The summed E-state index contributed by atoms with van der Waals surface area (Å²) in [5, 5.41) is 10.0. The quantitative estimate of drug-likeness (QED) is 0.396. The van der Waals surface area contributed by atoms with Gasteiger partial charge in [0.25, 0.3) is 0 Å². The van der Waals surface area contributed by atoms with Crippen LogP contribution in [0.25, 0.3) is 0 Å². The van der Waals surface area contributed by atoms with Crippen molar-refractivity contribution in [2.45, 2.75) is 24.5 Å². The third-order valence-corrected chi connectivity index (χ3v) is 5.16. The number of rotatable bonds is 7. The lowest BCUT2D eigenvalue weighted by Gasteiger charge is -2.15. The summed E-state index contributed by atoms with van der Waals surface area (Å²) in [6.07, 6.45) is 2.81. The molecule has 1 aliphatic heterocycles. The Morgan fingerprint density at radius 3 is 2.67 bits per heavy atom. The van der Waals surface area contributed by atoms with E-state index in [4.69, 9.17) is 0 Å². The Morgan fingerprint density at radius 1 is 1.25 bits per heavy atom. The first-order valence-corrected chi connectivity index (χ1v) is 9.29. The van der Waals surface area contributed by atoms with Crippen molar-refractivity contribution in [1.29, 1.82) is 0 Å². The molecule has 24 heavy (non-hydrogen) atoms. The van der Waals surface area contributed by atoms with Crippen LogP contribution in [0.5, 0.6) is 0 Å². The van der Waals surface area contributed by atoms with Crippen LogP contribution in [0.4, 0.5) is 4.39 Å². The maximum absolute atomic E-state index is 12.8. The van der Waals surface area contributed by atoms with Crippen LogP contribution in [0.15, 0.2) is 29.3 Å². The van der Waals surface area contributed by atoms with Gasteiger partial charge in [-0.05, 0) is 36.3 Å². The minimum Gasteiger partial charge on any atom is -0.355 e. The maximum Gasteiger partial charge on any atom is 0.224 e. The summed E-state index contributed by atoms with van der Waals surface area (Å²) < 4.78 is 12.8. The smallest absolute Gasteiger partial charge is 0.224 e. The van der Waals surface area contributed by atoms with Crippen molar-refractivity contribution in [3.63, 3.8) is 0 Å². The lowest BCUT2D eigenvalue weighted by Crippen LogP contribution is -2.43. The third-order valence-electron chi connectivity index (χ3n) is 3.76. The molecule has 0 aromatic heterocycles. The Kier molecular flexibility index (Phi) is 7.88. The molecule has 3 N–H and O–H groups in total. The molecule has 0 radical (unpaired) electrons. The average Bonchev–Trinajstić information content (AvgIpc) is 3.10. The number of hydrogen-bond donors (Lipinski definition) is 3. The second kappa shape index (κ2) is 10.2. The van der Waals surface area contributed by atoms with E-state index in [1.807, 2.05) is 11.8 Å². The number of nitrogens with one attached hydrogen (secondary N) is 3. The number of nitrogens with zero attached hydrogens (tertiary/aromatic N) is 1. The van der Waals surface area contributed by atoms with Crippen molar-refractivity contribution in [1.82, 2.24) is 16.0 Å². The Morgan fingerprint density at radius 2 is 2.00 bits per heavy atom. The molecule has 1 aliphatic rings. The minimum absolute atomic E-state index is 0.0753. The molecule has 1 unspecified atom stereocenters. The molecule has 0 aliphatic carbocycles. The summed E-state index contributed by atoms with van der Waals surface area (Å²) in [7, 11) is 1.74. The van der Waals surface area contributed by atoms with E-state index >= 15 is 0 Å². The first-order valence-electron chi connectivity index (χ1n) is 8.24. The number of carbonyl (C=O) groups excluding carboxylic acids is 1. The van der Waals surface area contributed by atoms with Gasteiger partial charge in [-0.1, -0.05) is 12.1 Å². The largest absolute Gasteiger partial charge is 0.355 e. The minimum atomic E-state index is -0.293. The van der Waals surface area contributed by atoms with E-state index in [9.17, 15) is 9.18 Å². The molecule has 7 heteroatoms. The van der Waals surface area contributed by atoms with E-state index in [-0.39, 0.29) is 18.1 Å². The zero-order valence-electron chi connectivity index (χ0n) is 14.0. The van der Waals surface area contributed by atoms with E-state index < -0.39 is 0 Å². The predicted octanol–water partition coefficient (Wildman–Crippen LogP) is 1.54. The van der Waals surface area contributed by atoms with Crippen molar-refractivity contribution in [2.75, 3.05) is 32.4 Å². The number of hydrogen-bond acceptors (Lipinski definition) is 3. The molecular formula is C17H25FN4OS. The zero-order valence-corrected chi connectivity index (χ0v) is 14.8. The van der Waals surface area contributed by atoms with Gasteiger partial charge in [-0.3, -0.25) is 9.79 Å². The number of guanidine groups is 1. The van der Waals surface area contributed by atoms with Gasteiger partial charge in [-0.2, -0.15) is 11.8 Å². The van der Waals surface area contributed by atoms with Gasteiger partial charge in [0.2, 0.25) is 5.91 Å². The summed E-state index contributed by atoms with van der Waals surface area (Å²) in [4.78, 5) is 16.0. The van der Waals surface area contributed by atoms with Gasteiger partial charge in [0.15, 0.2) is 5.96 Å². The molecule has 0 bridgehead atoms. The Hall–Kier alpha value is -1.76. The number of halogens is 1. The number of thioether (sulfide) groups is 1. The fraction of sp³-hybridized carbons (Fsp3) is 0.529. The van der Waals surface area contributed by atoms with Crippen LogP contribution < -0.4 is 16.0 Å². The fourth-order valence-corrected chi connectivity index (χ4v) is 3.67. The van der Waals surface area contributed by atoms with Gasteiger partial charge >= 0.3 is 0 Å². The van der Waals surface area contributed by atoms with E-state index in [1.165, 1.54) is 30.7 Å². The molecule has 1 heterocycles. The lowest BCUT2D eigenvalue weighted by atomic mass is 10.1. The highest BCUT2D eigenvalue weighted by atomic mass is 32.2. The molecule has 132 valence electrons. The molecule has 1 fully saturated rings. The van der Waals surface area contributed by atoms with Gasteiger partial charge < -0.3 is 16.0 Å². The standard InChI is InChI=1S/C17H25FN4OS/c1-19-17(22-12-15-3-2-10-24-15)21-9-8-20-16(23)11-13-4-6-14(18)7-5-13/h4-7,15H,2-3,8-12H2,1H3,(H,20,23)(H2,19,21,22). The average molecular weight is 352 g/mol. The summed E-state index contributed by atoms with van der Waals surface area (Å²) >= 11 is 2.00. The molecule has 0 saturated carbocycles. The zero-order chi connectivity index (χ0) is 17.2. The van der Waals surface area contributed by atoms with E-state index in [0.29, 0.717) is 18.3 Å². The van der Waals surface area contributed by atoms with Crippen LogP contribution >= 0.6 is 11.8 Å². The number of benzene rings is 1. The fourth-order valence-electron chi connectivity index (χ4n) is 2.47. The van der Waals surface area contributed by atoms with Crippen LogP contribution in [0.2, 0.25) is 0 Å². The molecule has 1 aromatic carbocycles. The first-order chi connectivity index (χ1) is 11.7. The van der Waals surface area contributed by atoms with Crippen LogP contribution in [0.3, 0.4) is 0 Å². The van der Waals surface area contributed by atoms with Crippen LogP contribution in [-0.4, -0.2) is 49.6 Å². The van der Waals surface area contributed by atoms with E-state index in [0.717, 1.165) is 18.1 Å². The van der Waals surface area contributed by atoms with Crippen molar-refractivity contribution >= 4 is 23.6 Å². The monoisotopic (exact) mass is 352 g/mol. The van der Waals surface area contributed by atoms with Crippen LogP contribution in [-0.2, 0) is 11.2 Å². The maximum atomic E-state index is 12.8. The molecule has 2 rings (SSSR count). The SMILES string of the molecule is CN=C(NCCNC(=O)Cc1ccc(F)cc1)NCC1CCCS1. The topological polar surface area (TPSA) is 65.5 Å². The molecule has 1 aromatic rings. The lowest BCUT2D eigenvalue weighted by molar-refractivity contribution is -0.120. The highest BCUT2D eigenvalue weighted by molar-refractivity contribution is 8.00. The van der Waals surface area contributed by atoms with Gasteiger partial charge in [0, 0.05) is 31.9 Å². The number of carbonyl (C=O) groups is 1. The van der Waals surface area contributed by atoms with E-state index in [1.54, 1.807) is 19.2 Å². The Labute approximate surface area is 146 Å². The first kappa shape index (κ1) is 18.6. The second-order valence-corrected chi connectivity index (χ2v) is 7.08. The van der Waals surface area contributed by atoms with Crippen LogP contribution in [0.1, 0.15) is 18.4 Å². The summed E-state index contributed by atoms with van der Waals surface area (Å²) in [6.45, 7) is 2.03. The summed E-state index contributed by atoms with van der Waals surface area (Å²) in [6, 6.07) is 5.98. The van der Waals surface area contributed by atoms with Crippen molar-refractivity contribution in [2.24, 2.45) is 4.99 Å².